The van der Waals surface area contributed by atoms with Gasteiger partial charge in [-0.3, -0.25) is 14.5 Å². The third-order valence-corrected chi connectivity index (χ3v) is 6.37. The lowest BCUT2D eigenvalue weighted by Gasteiger charge is -2.34. The van der Waals surface area contributed by atoms with Crippen LogP contribution in [-0.2, 0) is 0 Å². The lowest BCUT2D eigenvalue weighted by molar-refractivity contribution is 0.0614. The molecule has 2 saturated heterocycles. The Morgan fingerprint density at radius 3 is 2.54 bits per heavy atom. The van der Waals surface area contributed by atoms with Crippen molar-refractivity contribution in [1.82, 2.24) is 14.7 Å². The second kappa shape index (κ2) is 6.85. The Labute approximate surface area is 157 Å². The van der Waals surface area contributed by atoms with Gasteiger partial charge >= 0.3 is 0 Å². The first-order chi connectivity index (χ1) is 12.5. The molecule has 1 aromatic heterocycles. The minimum absolute atomic E-state index is 0.00528. The lowest BCUT2D eigenvalue weighted by Crippen LogP contribution is -2.49. The molecular formula is C20H23N3O2S. The van der Waals surface area contributed by atoms with E-state index in [0.29, 0.717) is 11.6 Å². The molecule has 2 aliphatic heterocycles. The molecule has 2 aromatic rings. The number of amides is 2. The first-order valence-corrected chi connectivity index (χ1v) is 9.80. The van der Waals surface area contributed by atoms with Crippen LogP contribution in [0.4, 0.5) is 0 Å². The minimum atomic E-state index is -0.00528. The molecule has 2 amide bonds. The van der Waals surface area contributed by atoms with E-state index in [1.54, 1.807) is 19.0 Å². The number of fused-ring (bicyclic) bond motifs is 2. The molecule has 136 valence electrons. The molecule has 2 aliphatic rings. The fraction of sp³-hybridized carbons (Fsp3) is 0.400. The van der Waals surface area contributed by atoms with Crippen molar-refractivity contribution < 1.29 is 9.59 Å². The average molecular weight is 369 g/mol. The normalized spacial score (nSPS) is 21.7. The van der Waals surface area contributed by atoms with Crippen LogP contribution >= 0.6 is 11.3 Å². The Morgan fingerprint density at radius 1 is 1.04 bits per heavy atom. The number of carbonyl (C=O) groups excluding carboxylic acids is 2. The number of piperazine rings is 1. The lowest BCUT2D eigenvalue weighted by atomic mass is 10.1. The quantitative estimate of drug-likeness (QED) is 0.835. The smallest absolute Gasteiger partial charge is 0.264 e. The number of carbonyl (C=O) groups is 2. The van der Waals surface area contributed by atoms with E-state index in [0.717, 1.165) is 47.9 Å². The third-order valence-electron chi connectivity index (χ3n) is 5.25. The van der Waals surface area contributed by atoms with Crippen molar-refractivity contribution in [2.75, 3.05) is 40.3 Å². The van der Waals surface area contributed by atoms with Crippen LogP contribution in [0.1, 0.15) is 26.5 Å². The molecule has 3 heterocycles. The largest absolute Gasteiger partial charge is 0.345 e. The predicted molar refractivity (Wildman–Crippen MR) is 104 cm³/mol. The molecule has 2 bridgehead atoms. The van der Waals surface area contributed by atoms with Gasteiger partial charge in [0.2, 0.25) is 0 Å². The van der Waals surface area contributed by atoms with Gasteiger partial charge in [0.1, 0.15) is 0 Å². The number of benzene rings is 1. The van der Waals surface area contributed by atoms with Crippen molar-refractivity contribution in [1.29, 1.82) is 0 Å². The van der Waals surface area contributed by atoms with E-state index in [1.807, 2.05) is 36.4 Å². The van der Waals surface area contributed by atoms with E-state index in [-0.39, 0.29) is 11.8 Å². The maximum Gasteiger partial charge on any atom is 0.264 e. The van der Waals surface area contributed by atoms with Gasteiger partial charge in [-0.2, -0.15) is 0 Å². The zero-order valence-corrected chi connectivity index (χ0v) is 16.0. The average Bonchev–Trinajstić information content (AvgIpc) is 3.28. The van der Waals surface area contributed by atoms with Crippen molar-refractivity contribution in [3.8, 4) is 10.4 Å². The molecule has 2 unspecified atom stereocenters. The van der Waals surface area contributed by atoms with Gasteiger partial charge in [-0.1, -0.05) is 12.1 Å². The van der Waals surface area contributed by atoms with E-state index >= 15 is 0 Å². The zero-order valence-electron chi connectivity index (χ0n) is 15.1. The van der Waals surface area contributed by atoms with Gasteiger partial charge in [-0.05, 0) is 36.2 Å². The summed E-state index contributed by atoms with van der Waals surface area (Å²) >= 11 is 1.53. The van der Waals surface area contributed by atoms with Crippen LogP contribution in [0.25, 0.3) is 10.4 Å². The molecule has 0 radical (unpaired) electrons. The molecule has 0 spiro atoms. The van der Waals surface area contributed by atoms with Crippen molar-refractivity contribution in [3.63, 3.8) is 0 Å². The molecule has 0 aliphatic carbocycles. The van der Waals surface area contributed by atoms with Gasteiger partial charge in [-0.15, -0.1) is 11.3 Å². The Kier molecular flexibility index (Phi) is 4.54. The number of thiophene rings is 1. The summed E-state index contributed by atoms with van der Waals surface area (Å²) in [5, 5.41) is 0. The first kappa shape index (κ1) is 17.2. The third kappa shape index (κ3) is 3.15. The Morgan fingerprint density at radius 2 is 1.81 bits per heavy atom. The maximum atomic E-state index is 12.9. The van der Waals surface area contributed by atoms with Crippen molar-refractivity contribution >= 4 is 23.2 Å². The molecule has 2 fully saturated rings. The van der Waals surface area contributed by atoms with Crippen molar-refractivity contribution in [2.24, 2.45) is 0 Å². The summed E-state index contributed by atoms with van der Waals surface area (Å²) in [6.45, 7) is 3.95. The van der Waals surface area contributed by atoms with E-state index < -0.39 is 0 Å². The molecule has 2 atom stereocenters. The summed E-state index contributed by atoms with van der Waals surface area (Å²) in [6, 6.07) is 11.9. The highest BCUT2D eigenvalue weighted by Gasteiger charge is 2.35. The van der Waals surface area contributed by atoms with Crippen LogP contribution in [0.2, 0.25) is 0 Å². The van der Waals surface area contributed by atoms with Gasteiger partial charge in [0, 0.05) is 56.8 Å². The topological polar surface area (TPSA) is 43.9 Å². The van der Waals surface area contributed by atoms with Crippen LogP contribution in [0.5, 0.6) is 0 Å². The van der Waals surface area contributed by atoms with Crippen molar-refractivity contribution in [3.05, 3.63) is 46.8 Å². The SMILES string of the molecule is CN(C)C(=O)c1ccc(-c2ccc(C(=O)N3CCN4CCC3C4)s2)cc1. The fourth-order valence-corrected chi connectivity index (χ4v) is 4.72. The fourth-order valence-electron chi connectivity index (χ4n) is 3.75. The van der Waals surface area contributed by atoms with Gasteiger partial charge in [0.15, 0.2) is 0 Å². The van der Waals surface area contributed by atoms with Gasteiger partial charge in [0.05, 0.1) is 4.88 Å². The van der Waals surface area contributed by atoms with E-state index in [9.17, 15) is 9.59 Å². The number of hydrogen-bond donors (Lipinski definition) is 0. The second-order valence-electron chi connectivity index (χ2n) is 7.18. The summed E-state index contributed by atoms with van der Waals surface area (Å²) in [6.07, 6.45) is 1.09. The molecular weight excluding hydrogens is 346 g/mol. The highest BCUT2D eigenvalue weighted by Crippen LogP contribution is 2.31. The highest BCUT2D eigenvalue weighted by molar-refractivity contribution is 7.17. The van der Waals surface area contributed by atoms with Crippen LogP contribution in [-0.4, -0.2) is 72.8 Å². The number of hydrogen-bond acceptors (Lipinski definition) is 4. The Balaban J connectivity index is 1.51. The molecule has 5 nitrogen and oxygen atoms in total. The monoisotopic (exact) mass is 369 g/mol. The van der Waals surface area contributed by atoms with Crippen LogP contribution < -0.4 is 0 Å². The Bertz CT molecular complexity index is 828. The van der Waals surface area contributed by atoms with Gasteiger partial charge < -0.3 is 9.80 Å². The highest BCUT2D eigenvalue weighted by atomic mass is 32.1. The van der Waals surface area contributed by atoms with E-state index in [2.05, 4.69) is 9.80 Å². The van der Waals surface area contributed by atoms with Gasteiger partial charge in [0.25, 0.3) is 11.8 Å². The first-order valence-electron chi connectivity index (χ1n) is 8.98. The molecule has 0 saturated carbocycles. The number of rotatable bonds is 3. The molecule has 26 heavy (non-hydrogen) atoms. The van der Waals surface area contributed by atoms with Gasteiger partial charge in [-0.25, -0.2) is 0 Å². The van der Waals surface area contributed by atoms with E-state index in [4.69, 9.17) is 0 Å². The molecule has 6 heteroatoms. The standard InChI is InChI=1S/C20H23N3O2S/c1-21(2)19(24)15-5-3-14(4-6-15)17-7-8-18(26-17)20(25)23-12-11-22-10-9-16(23)13-22/h3-8,16H,9-13H2,1-2H3. The summed E-state index contributed by atoms with van der Waals surface area (Å²) in [4.78, 5) is 32.8. The van der Waals surface area contributed by atoms with Crippen molar-refractivity contribution in [2.45, 2.75) is 12.5 Å². The molecule has 1 aromatic carbocycles. The number of nitrogens with zero attached hydrogens (tertiary/aromatic N) is 3. The zero-order chi connectivity index (χ0) is 18.3. The maximum absolute atomic E-state index is 12.9. The predicted octanol–water partition coefficient (Wildman–Crippen LogP) is 2.65. The Hall–Kier alpha value is -2.18. The minimum Gasteiger partial charge on any atom is -0.345 e. The molecule has 4 rings (SSSR count). The van der Waals surface area contributed by atoms with Crippen LogP contribution in [0, 0.1) is 0 Å². The van der Waals surface area contributed by atoms with Crippen LogP contribution in [0.15, 0.2) is 36.4 Å². The summed E-state index contributed by atoms with van der Waals surface area (Å²) < 4.78 is 0. The summed E-state index contributed by atoms with van der Waals surface area (Å²) in [5.41, 5.74) is 1.71. The molecule has 0 N–H and O–H groups in total. The second-order valence-corrected chi connectivity index (χ2v) is 8.27. The summed E-state index contributed by atoms with van der Waals surface area (Å²) in [5.74, 6) is 0.154. The summed E-state index contributed by atoms with van der Waals surface area (Å²) in [7, 11) is 3.50. The van der Waals surface area contributed by atoms with Crippen LogP contribution in [0.3, 0.4) is 0 Å². The van der Waals surface area contributed by atoms with E-state index in [1.165, 1.54) is 11.3 Å².